The van der Waals surface area contributed by atoms with Crippen molar-refractivity contribution in [3.63, 3.8) is 0 Å². The number of anilines is 1. The number of benzene rings is 2. The van der Waals surface area contributed by atoms with Gasteiger partial charge in [0.2, 0.25) is 0 Å². The van der Waals surface area contributed by atoms with Crippen molar-refractivity contribution >= 4 is 23.6 Å². The smallest absolute Gasteiger partial charge is 0.329 e. The molecule has 2 aromatic carbocycles. The second-order valence-corrected chi connectivity index (χ2v) is 7.11. The molecule has 0 aliphatic carbocycles. The van der Waals surface area contributed by atoms with E-state index in [1.165, 1.54) is 19.1 Å². The fourth-order valence-electron chi connectivity index (χ4n) is 2.56. The molecule has 2 atom stereocenters. The zero-order valence-corrected chi connectivity index (χ0v) is 17.1. The van der Waals surface area contributed by atoms with Crippen LogP contribution in [0.25, 0.3) is 0 Å². The number of carbonyl (C=O) groups excluding carboxylic acids is 3. The van der Waals surface area contributed by atoms with E-state index in [0.717, 1.165) is 0 Å². The van der Waals surface area contributed by atoms with E-state index in [9.17, 15) is 18.8 Å². The highest BCUT2D eigenvalue weighted by molar-refractivity contribution is 5.93. The van der Waals surface area contributed by atoms with Gasteiger partial charge in [0.05, 0.1) is 0 Å². The van der Waals surface area contributed by atoms with Crippen LogP contribution in [0.1, 0.15) is 26.3 Å². The first kappa shape index (κ1) is 22.9. The van der Waals surface area contributed by atoms with Gasteiger partial charge in [0.25, 0.3) is 5.91 Å². The number of urea groups is 1. The predicted molar refractivity (Wildman–Crippen MR) is 111 cm³/mol. The first-order valence-corrected chi connectivity index (χ1v) is 9.61. The van der Waals surface area contributed by atoms with Crippen molar-refractivity contribution in [1.29, 1.82) is 0 Å². The van der Waals surface area contributed by atoms with Crippen molar-refractivity contribution in [3.8, 4) is 0 Å². The van der Waals surface area contributed by atoms with Crippen LogP contribution < -0.4 is 16.0 Å². The summed E-state index contributed by atoms with van der Waals surface area (Å²) in [6.45, 7) is 5.13. The minimum absolute atomic E-state index is 0.173. The Balaban J connectivity index is 1.87. The van der Waals surface area contributed by atoms with Crippen LogP contribution in [0.3, 0.4) is 0 Å². The second kappa shape index (κ2) is 10.9. The molecule has 2 aromatic rings. The third-order valence-corrected chi connectivity index (χ3v) is 4.28. The maximum absolute atomic E-state index is 12.9. The highest BCUT2D eigenvalue weighted by Gasteiger charge is 2.29. The molecule has 0 radical (unpaired) electrons. The number of amides is 3. The number of carbonyl (C=O) groups is 3. The van der Waals surface area contributed by atoms with Crippen LogP contribution in [0.15, 0.2) is 54.6 Å². The molecule has 3 amide bonds. The minimum Gasteiger partial charge on any atom is -0.451 e. The predicted octanol–water partition coefficient (Wildman–Crippen LogP) is 3.22. The molecule has 8 heteroatoms. The summed E-state index contributed by atoms with van der Waals surface area (Å²) < 4.78 is 18.2. The fourth-order valence-corrected chi connectivity index (χ4v) is 2.56. The number of halogens is 1. The van der Waals surface area contributed by atoms with Crippen molar-refractivity contribution in [3.05, 3.63) is 66.0 Å². The quantitative estimate of drug-likeness (QED) is 0.577. The molecule has 0 aromatic heterocycles. The van der Waals surface area contributed by atoms with Crippen LogP contribution >= 0.6 is 0 Å². The number of ether oxygens (including phenoxy) is 1. The van der Waals surface area contributed by atoms with Crippen LogP contribution in [0.5, 0.6) is 0 Å². The zero-order valence-electron chi connectivity index (χ0n) is 17.1. The van der Waals surface area contributed by atoms with E-state index >= 15 is 0 Å². The Hall–Kier alpha value is -3.42. The lowest BCUT2D eigenvalue weighted by atomic mass is 10.0. The van der Waals surface area contributed by atoms with Crippen LogP contribution in [0, 0.1) is 11.7 Å². The van der Waals surface area contributed by atoms with Gasteiger partial charge in [-0.2, -0.15) is 0 Å². The molecule has 7 nitrogen and oxygen atoms in total. The molecule has 0 aliphatic heterocycles. The summed E-state index contributed by atoms with van der Waals surface area (Å²) in [5, 5.41) is 7.84. The van der Waals surface area contributed by atoms with E-state index in [1.54, 1.807) is 50.2 Å². The van der Waals surface area contributed by atoms with Gasteiger partial charge in [0.15, 0.2) is 6.10 Å². The molecule has 0 spiro atoms. The first-order chi connectivity index (χ1) is 14.3. The van der Waals surface area contributed by atoms with Gasteiger partial charge in [-0.25, -0.2) is 14.0 Å². The molecule has 0 aliphatic rings. The average molecular weight is 415 g/mol. The van der Waals surface area contributed by atoms with Crippen LogP contribution in [0.2, 0.25) is 0 Å². The normalized spacial score (nSPS) is 12.6. The lowest BCUT2D eigenvalue weighted by Gasteiger charge is -2.23. The molecule has 2 rings (SSSR count). The Morgan fingerprint density at radius 2 is 1.60 bits per heavy atom. The first-order valence-electron chi connectivity index (χ1n) is 9.61. The lowest BCUT2D eigenvalue weighted by Crippen LogP contribution is -2.49. The molecule has 3 N–H and O–H groups in total. The van der Waals surface area contributed by atoms with Crippen molar-refractivity contribution in [2.75, 3.05) is 5.32 Å². The van der Waals surface area contributed by atoms with Crippen molar-refractivity contribution in [2.45, 2.75) is 39.5 Å². The van der Waals surface area contributed by atoms with Crippen LogP contribution in [0.4, 0.5) is 14.9 Å². The summed E-state index contributed by atoms with van der Waals surface area (Å²) in [5.41, 5.74) is 1.29. The molecular weight excluding hydrogens is 389 g/mol. The van der Waals surface area contributed by atoms with Gasteiger partial charge in [0.1, 0.15) is 11.9 Å². The Bertz CT molecular complexity index is 856. The molecule has 0 heterocycles. The molecular formula is C22H26FN3O4. The molecule has 30 heavy (non-hydrogen) atoms. The van der Waals surface area contributed by atoms with Crippen LogP contribution in [-0.4, -0.2) is 30.1 Å². The number of hydrogen-bond acceptors (Lipinski definition) is 4. The maximum Gasteiger partial charge on any atom is 0.329 e. The fraction of sp³-hybridized carbons (Fsp3) is 0.318. The van der Waals surface area contributed by atoms with Gasteiger partial charge in [-0.05, 0) is 42.7 Å². The van der Waals surface area contributed by atoms with Gasteiger partial charge < -0.3 is 20.7 Å². The third-order valence-electron chi connectivity index (χ3n) is 4.28. The number of rotatable bonds is 8. The Kier molecular flexibility index (Phi) is 8.34. The molecule has 0 unspecified atom stereocenters. The van der Waals surface area contributed by atoms with Gasteiger partial charge in [-0.15, -0.1) is 0 Å². The van der Waals surface area contributed by atoms with E-state index < -0.39 is 30.1 Å². The minimum atomic E-state index is -1.06. The monoisotopic (exact) mass is 415 g/mol. The summed E-state index contributed by atoms with van der Waals surface area (Å²) in [7, 11) is 0. The number of para-hydroxylation sites is 1. The number of esters is 1. The molecule has 0 saturated heterocycles. The lowest BCUT2D eigenvalue weighted by molar-refractivity contribution is -0.157. The molecule has 0 bridgehead atoms. The Morgan fingerprint density at radius 3 is 2.20 bits per heavy atom. The zero-order chi connectivity index (χ0) is 22.1. The van der Waals surface area contributed by atoms with Crippen LogP contribution in [-0.2, 0) is 20.9 Å². The molecule has 0 saturated carbocycles. The van der Waals surface area contributed by atoms with E-state index in [4.69, 9.17) is 4.74 Å². The largest absolute Gasteiger partial charge is 0.451 e. The highest BCUT2D eigenvalue weighted by atomic mass is 19.1. The molecule has 0 fully saturated rings. The van der Waals surface area contributed by atoms with Crippen molar-refractivity contribution < 1.29 is 23.5 Å². The summed E-state index contributed by atoms with van der Waals surface area (Å²) >= 11 is 0. The Morgan fingerprint density at radius 1 is 0.967 bits per heavy atom. The topological polar surface area (TPSA) is 96.5 Å². The van der Waals surface area contributed by atoms with Gasteiger partial charge >= 0.3 is 12.0 Å². The Labute approximate surface area is 175 Å². The maximum atomic E-state index is 12.9. The standard InChI is InChI=1S/C22H26FN3O4/c1-14(2)19(26-22(29)25-18-7-5-4-6-8-18)21(28)30-15(3)20(27)24-13-16-9-11-17(23)12-10-16/h4-12,14-15,19H,13H2,1-3H3,(H,24,27)(H2,25,26,29)/t15-,19+/m1/s1. The van der Waals surface area contributed by atoms with E-state index in [2.05, 4.69) is 16.0 Å². The van der Waals surface area contributed by atoms with Gasteiger partial charge in [-0.3, -0.25) is 4.79 Å². The van der Waals surface area contributed by atoms with Crippen molar-refractivity contribution in [1.82, 2.24) is 10.6 Å². The van der Waals surface area contributed by atoms with E-state index in [0.29, 0.717) is 11.3 Å². The number of nitrogens with one attached hydrogen (secondary N) is 3. The summed E-state index contributed by atoms with van der Waals surface area (Å²) in [5.74, 6) is -1.83. The third kappa shape index (κ3) is 7.20. The van der Waals surface area contributed by atoms with Gasteiger partial charge in [0, 0.05) is 12.2 Å². The summed E-state index contributed by atoms with van der Waals surface area (Å²) in [6, 6.07) is 13.0. The SMILES string of the molecule is CC(C)[C@H](NC(=O)Nc1ccccc1)C(=O)O[C@H](C)C(=O)NCc1ccc(F)cc1. The van der Waals surface area contributed by atoms with Crippen molar-refractivity contribution in [2.24, 2.45) is 5.92 Å². The highest BCUT2D eigenvalue weighted by Crippen LogP contribution is 2.09. The average Bonchev–Trinajstić information content (AvgIpc) is 2.71. The summed E-state index contributed by atoms with van der Waals surface area (Å²) in [4.78, 5) is 36.9. The van der Waals surface area contributed by atoms with Gasteiger partial charge in [-0.1, -0.05) is 44.2 Å². The molecule has 160 valence electrons. The number of hydrogen-bond donors (Lipinski definition) is 3. The van der Waals surface area contributed by atoms with E-state index in [1.807, 2.05) is 6.07 Å². The van der Waals surface area contributed by atoms with E-state index in [-0.39, 0.29) is 18.3 Å². The summed E-state index contributed by atoms with van der Waals surface area (Å²) in [6.07, 6.45) is -1.06. The second-order valence-electron chi connectivity index (χ2n) is 7.11.